The first-order chi connectivity index (χ1) is 10.0. The van der Waals surface area contributed by atoms with Gasteiger partial charge in [-0.2, -0.15) is 0 Å². The van der Waals surface area contributed by atoms with Gasteiger partial charge in [0.15, 0.2) is 0 Å². The van der Waals surface area contributed by atoms with E-state index in [2.05, 4.69) is 5.32 Å². The predicted octanol–water partition coefficient (Wildman–Crippen LogP) is 3.57. The third-order valence-corrected chi connectivity index (χ3v) is 4.43. The molecule has 0 aliphatic rings. The van der Waals surface area contributed by atoms with Crippen molar-refractivity contribution in [1.82, 2.24) is 10.2 Å². The number of carbonyl (C=O) groups is 1. The molecule has 1 N–H and O–H groups in total. The van der Waals surface area contributed by atoms with Gasteiger partial charge in [-0.15, -0.1) is 11.3 Å². The van der Waals surface area contributed by atoms with Gasteiger partial charge in [0, 0.05) is 11.4 Å². The third kappa shape index (κ3) is 3.81. The van der Waals surface area contributed by atoms with Crippen LogP contribution in [0.3, 0.4) is 0 Å². The Morgan fingerprint density at radius 2 is 2.14 bits per heavy atom. The SMILES string of the molecule is CN(C)[C@@H](CNC(=O)c1c(F)cccc1Cl)c1cccs1. The summed E-state index contributed by atoms with van der Waals surface area (Å²) < 4.78 is 13.7. The maximum atomic E-state index is 13.7. The van der Waals surface area contributed by atoms with Gasteiger partial charge in [-0.3, -0.25) is 4.79 Å². The monoisotopic (exact) mass is 326 g/mol. The number of rotatable bonds is 5. The van der Waals surface area contributed by atoms with E-state index in [0.717, 1.165) is 4.88 Å². The lowest BCUT2D eigenvalue weighted by atomic mass is 10.1. The van der Waals surface area contributed by atoms with E-state index < -0.39 is 11.7 Å². The molecule has 112 valence electrons. The number of hydrogen-bond acceptors (Lipinski definition) is 3. The van der Waals surface area contributed by atoms with E-state index in [1.54, 1.807) is 11.3 Å². The van der Waals surface area contributed by atoms with Gasteiger partial charge in [0.2, 0.25) is 0 Å². The van der Waals surface area contributed by atoms with Crippen LogP contribution in [-0.4, -0.2) is 31.4 Å². The second-order valence-corrected chi connectivity index (χ2v) is 6.19. The molecule has 6 heteroatoms. The average Bonchev–Trinajstić information content (AvgIpc) is 2.92. The molecule has 0 radical (unpaired) electrons. The molecule has 0 aliphatic carbocycles. The fourth-order valence-corrected chi connectivity index (χ4v) is 3.18. The highest BCUT2D eigenvalue weighted by molar-refractivity contribution is 7.10. The van der Waals surface area contributed by atoms with Gasteiger partial charge in [0.05, 0.1) is 16.6 Å². The maximum Gasteiger partial charge on any atom is 0.255 e. The largest absolute Gasteiger partial charge is 0.350 e. The van der Waals surface area contributed by atoms with Crippen LogP contribution >= 0.6 is 22.9 Å². The molecule has 3 nitrogen and oxygen atoms in total. The van der Waals surface area contributed by atoms with Crippen LogP contribution in [-0.2, 0) is 0 Å². The summed E-state index contributed by atoms with van der Waals surface area (Å²) in [6.45, 7) is 0.386. The minimum absolute atomic E-state index is 0.0412. The Balaban J connectivity index is 2.09. The van der Waals surface area contributed by atoms with Gasteiger partial charge in [-0.05, 0) is 37.7 Å². The summed E-state index contributed by atoms with van der Waals surface area (Å²) in [4.78, 5) is 15.3. The summed E-state index contributed by atoms with van der Waals surface area (Å²) >= 11 is 7.51. The van der Waals surface area contributed by atoms with Gasteiger partial charge >= 0.3 is 0 Å². The quantitative estimate of drug-likeness (QED) is 0.911. The first-order valence-corrected chi connectivity index (χ1v) is 7.68. The van der Waals surface area contributed by atoms with Crippen LogP contribution in [0.5, 0.6) is 0 Å². The molecule has 1 heterocycles. The highest BCUT2D eigenvalue weighted by Gasteiger charge is 2.19. The van der Waals surface area contributed by atoms with Crippen LogP contribution in [0.2, 0.25) is 5.02 Å². The number of carbonyl (C=O) groups excluding carboxylic acids is 1. The van der Waals surface area contributed by atoms with Crippen molar-refractivity contribution < 1.29 is 9.18 Å². The zero-order chi connectivity index (χ0) is 15.4. The first-order valence-electron chi connectivity index (χ1n) is 6.42. The Morgan fingerprint density at radius 1 is 1.38 bits per heavy atom. The van der Waals surface area contributed by atoms with Gasteiger partial charge in [-0.1, -0.05) is 23.7 Å². The van der Waals surface area contributed by atoms with E-state index in [4.69, 9.17) is 11.6 Å². The molecule has 0 saturated carbocycles. The van der Waals surface area contributed by atoms with Crippen molar-refractivity contribution in [3.63, 3.8) is 0 Å². The molecular weight excluding hydrogens is 311 g/mol. The molecule has 0 aliphatic heterocycles. The number of benzene rings is 1. The highest BCUT2D eigenvalue weighted by atomic mass is 35.5. The molecule has 0 bridgehead atoms. The number of nitrogens with zero attached hydrogens (tertiary/aromatic N) is 1. The lowest BCUT2D eigenvalue weighted by Crippen LogP contribution is -2.34. The second-order valence-electron chi connectivity index (χ2n) is 4.80. The van der Waals surface area contributed by atoms with E-state index in [-0.39, 0.29) is 16.6 Å². The number of likely N-dealkylation sites (N-methyl/N-ethyl adjacent to an activating group) is 1. The molecule has 21 heavy (non-hydrogen) atoms. The van der Waals surface area contributed by atoms with Crippen LogP contribution in [0, 0.1) is 5.82 Å². The standard InChI is InChI=1S/C15H16ClFN2OS/c1-19(2)12(13-7-4-8-21-13)9-18-15(20)14-10(16)5-3-6-11(14)17/h3-8,12H,9H2,1-2H3,(H,18,20)/t12-/m0/s1. The number of amides is 1. The highest BCUT2D eigenvalue weighted by Crippen LogP contribution is 2.23. The number of hydrogen-bond donors (Lipinski definition) is 1. The van der Waals surface area contributed by atoms with E-state index in [0.29, 0.717) is 6.54 Å². The summed E-state index contributed by atoms with van der Waals surface area (Å²) in [5, 5.41) is 4.86. The number of nitrogens with one attached hydrogen (secondary N) is 1. The Bertz CT molecular complexity index is 596. The first kappa shape index (κ1) is 15.9. The minimum Gasteiger partial charge on any atom is -0.350 e. The summed E-state index contributed by atoms with van der Waals surface area (Å²) in [5.74, 6) is -1.11. The molecule has 0 unspecified atom stereocenters. The van der Waals surface area contributed by atoms with Gasteiger partial charge in [-0.25, -0.2) is 4.39 Å². The maximum absolute atomic E-state index is 13.7. The Labute approximate surface area is 132 Å². The minimum atomic E-state index is -0.613. The average molecular weight is 327 g/mol. The smallest absolute Gasteiger partial charge is 0.255 e. The zero-order valence-electron chi connectivity index (χ0n) is 11.8. The zero-order valence-corrected chi connectivity index (χ0v) is 13.3. The topological polar surface area (TPSA) is 32.3 Å². The molecule has 1 aromatic carbocycles. The van der Waals surface area contributed by atoms with Crippen LogP contribution in [0.15, 0.2) is 35.7 Å². The summed E-state index contributed by atoms with van der Waals surface area (Å²) in [6.07, 6.45) is 0. The molecule has 2 rings (SSSR count). The van der Waals surface area contributed by atoms with Crippen molar-refractivity contribution >= 4 is 28.8 Å². The molecule has 0 fully saturated rings. The van der Waals surface area contributed by atoms with Crippen molar-refractivity contribution in [2.75, 3.05) is 20.6 Å². The summed E-state index contributed by atoms with van der Waals surface area (Å²) in [5.41, 5.74) is -0.108. The summed E-state index contributed by atoms with van der Waals surface area (Å²) in [6, 6.07) is 8.22. The molecule has 0 saturated heterocycles. The Kier molecular flexibility index (Phi) is 5.33. The Hall–Kier alpha value is -1.43. The van der Waals surface area contributed by atoms with Gasteiger partial charge in [0.25, 0.3) is 5.91 Å². The molecule has 1 atom stereocenters. The van der Waals surface area contributed by atoms with Gasteiger partial charge in [0.1, 0.15) is 5.82 Å². The van der Waals surface area contributed by atoms with Crippen molar-refractivity contribution in [3.8, 4) is 0 Å². The van der Waals surface area contributed by atoms with Gasteiger partial charge < -0.3 is 10.2 Å². The third-order valence-electron chi connectivity index (χ3n) is 3.14. The molecule has 1 aromatic heterocycles. The molecule has 2 aromatic rings. The lowest BCUT2D eigenvalue weighted by molar-refractivity contribution is 0.0938. The van der Waals surface area contributed by atoms with Crippen LogP contribution in [0.1, 0.15) is 21.3 Å². The fourth-order valence-electron chi connectivity index (χ4n) is 2.01. The van der Waals surface area contributed by atoms with E-state index in [9.17, 15) is 9.18 Å². The van der Waals surface area contributed by atoms with E-state index in [1.165, 1.54) is 18.2 Å². The molecule has 0 spiro atoms. The normalized spacial score (nSPS) is 12.4. The predicted molar refractivity (Wildman–Crippen MR) is 84.5 cm³/mol. The fraction of sp³-hybridized carbons (Fsp3) is 0.267. The second kappa shape index (κ2) is 7.02. The Morgan fingerprint density at radius 3 is 2.71 bits per heavy atom. The van der Waals surface area contributed by atoms with Crippen molar-refractivity contribution in [1.29, 1.82) is 0 Å². The van der Waals surface area contributed by atoms with Crippen LogP contribution in [0.25, 0.3) is 0 Å². The van der Waals surface area contributed by atoms with Crippen molar-refractivity contribution in [2.24, 2.45) is 0 Å². The van der Waals surface area contributed by atoms with Crippen LogP contribution < -0.4 is 5.32 Å². The van der Waals surface area contributed by atoms with Crippen molar-refractivity contribution in [2.45, 2.75) is 6.04 Å². The number of halogens is 2. The van der Waals surface area contributed by atoms with E-state index in [1.807, 2.05) is 36.5 Å². The van der Waals surface area contributed by atoms with Crippen LogP contribution in [0.4, 0.5) is 4.39 Å². The van der Waals surface area contributed by atoms with E-state index >= 15 is 0 Å². The molecule has 1 amide bonds. The van der Waals surface area contributed by atoms with Crippen molar-refractivity contribution in [3.05, 3.63) is 57.0 Å². The molecular formula is C15H16ClFN2OS. The number of thiophene rings is 1. The summed E-state index contributed by atoms with van der Waals surface area (Å²) in [7, 11) is 3.87. The lowest BCUT2D eigenvalue weighted by Gasteiger charge is -2.23.